The summed E-state index contributed by atoms with van der Waals surface area (Å²) in [7, 11) is 0. The maximum absolute atomic E-state index is 13.9. The van der Waals surface area contributed by atoms with Gasteiger partial charge in [-0.05, 0) is 44.2 Å². The minimum Gasteiger partial charge on any atom is -0.365 e. The molecular weight excluding hydrogens is 312 g/mol. The van der Waals surface area contributed by atoms with E-state index in [2.05, 4.69) is 10.6 Å². The van der Waals surface area contributed by atoms with Crippen LogP contribution in [0.4, 0.5) is 14.5 Å². The maximum atomic E-state index is 13.9. The van der Waals surface area contributed by atoms with Crippen molar-refractivity contribution in [1.29, 1.82) is 0 Å². The zero-order valence-electron chi connectivity index (χ0n) is 14.0. The van der Waals surface area contributed by atoms with Crippen molar-refractivity contribution < 1.29 is 13.6 Å². The van der Waals surface area contributed by atoms with Crippen molar-refractivity contribution in [3.05, 3.63) is 29.8 Å². The molecule has 24 heavy (non-hydrogen) atoms. The van der Waals surface area contributed by atoms with Gasteiger partial charge in [-0.25, -0.2) is 8.78 Å². The summed E-state index contributed by atoms with van der Waals surface area (Å²) in [5.74, 6) is -0.956. The van der Waals surface area contributed by atoms with Crippen molar-refractivity contribution in [3.8, 4) is 0 Å². The summed E-state index contributed by atoms with van der Waals surface area (Å²) in [6, 6.07) is 4.98. The van der Waals surface area contributed by atoms with Gasteiger partial charge in [-0.2, -0.15) is 0 Å². The van der Waals surface area contributed by atoms with Gasteiger partial charge in [-0.15, -0.1) is 0 Å². The molecule has 3 rings (SSSR count). The van der Waals surface area contributed by atoms with Gasteiger partial charge in [-0.1, -0.05) is 6.07 Å². The number of rotatable bonds is 4. The van der Waals surface area contributed by atoms with Crippen LogP contribution in [0, 0.1) is 11.6 Å². The molecule has 0 spiro atoms. The molecule has 1 aromatic rings. The molecule has 1 amide bonds. The molecular formula is C18H25F2N3O. The highest BCUT2D eigenvalue weighted by Crippen LogP contribution is 2.27. The average molecular weight is 337 g/mol. The lowest BCUT2D eigenvalue weighted by molar-refractivity contribution is -0.119. The Kier molecular flexibility index (Phi) is 5.33. The summed E-state index contributed by atoms with van der Waals surface area (Å²) < 4.78 is 27.8. The lowest BCUT2D eigenvalue weighted by atomic mass is 9.90. The van der Waals surface area contributed by atoms with Crippen molar-refractivity contribution in [2.45, 2.75) is 57.2 Å². The summed E-state index contributed by atoms with van der Waals surface area (Å²) >= 11 is 0. The van der Waals surface area contributed by atoms with Crippen molar-refractivity contribution in [3.63, 3.8) is 0 Å². The summed E-state index contributed by atoms with van der Waals surface area (Å²) in [6.07, 6.45) is 4.90. The molecule has 1 aliphatic carbocycles. The van der Waals surface area contributed by atoms with Gasteiger partial charge in [0.25, 0.3) is 0 Å². The zero-order chi connectivity index (χ0) is 17.1. The Labute approximate surface area is 141 Å². The Bertz CT molecular complexity index is 567. The number of nitrogens with zero attached hydrogens (tertiary/aromatic N) is 1. The predicted molar refractivity (Wildman–Crippen MR) is 90.0 cm³/mol. The number of carbonyl (C=O) groups excluding carboxylic acids is 1. The zero-order valence-corrected chi connectivity index (χ0v) is 14.0. The van der Waals surface area contributed by atoms with Crippen molar-refractivity contribution >= 4 is 11.6 Å². The summed E-state index contributed by atoms with van der Waals surface area (Å²) in [4.78, 5) is 12.9. The van der Waals surface area contributed by atoms with Gasteiger partial charge < -0.3 is 15.5 Å². The van der Waals surface area contributed by atoms with E-state index in [-0.39, 0.29) is 23.7 Å². The van der Waals surface area contributed by atoms with E-state index < -0.39 is 11.6 Å². The van der Waals surface area contributed by atoms with E-state index >= 15 is 0 Å². The van der Waals surface area contributed by atoms with Crippen molar-refractivity contribution in [2.24, 2.45) is 0 Å². The van der Waals surface area contributed by atoms with E-state index in [4.69, 9.17) is 0 Å². The Morgan fingerprint density at radius 1 is 1.04 bits per heavy atom. The molecule has 0 aromatic heterocycles. The fourth-order valence-corrected chi connectivity index (χ4v) is 3.92. The third kappa shape index (κ3) is 4.04. The molecule has 1 saturated heterocycles. The van der Waals surface area contributed by atoms with Gasteiger partial charge >= 0.3 is 0 Å². The third-order valence-corrected chi connectivity index (χ3v) is 5.05. The van der Waals surface area contributed by atoms with Gasteiger partial charge in [0.05, 0.1) is 0 Å². The Hall–Kier alpha value is -1.69. The molecule has 2 fully saturated rings. The summed E-state index contributed by atoms with van der Waals surface area (Å²) in [5.41, 5.74) is 0.0937. The minimum absolute atomic E-state index is 0.0322. The van der Waals surface area contributed by atoms with Crippen LogP contribution in [0.5, 0.6) is 0 Å². The number of para-hydroxylation sites is 1. The van der Waals surface area contributed by atoms with E-state index in [0.717, 1.165) is 32.1 Å². The molecule has 1 saturated carbocycles. The van der Waals surface area contributed by atoms with Gasteiger partial charge in [-0.3, -0.25) is 4.79 Å². The number of hydrogen-bond donors (Lipinski definition) is 2. The molecule has 2 N–H and O–H groups in total. The van der Waals surface area contributed by atoms with Gasteiger partial charge in [0, 0.05) is 38.1 Å². The number of amides is 1. The third-order valence-electron chi connectivity index (χ3n) is 5.05. The van der Waals surface area contributed by atoms with Gasteiger partial charge in [0.1, 0.15) is 17.3 Å². The molecule has 2 aliphatic rings. The van der Waals surface area contributed by atoms with Gasteiger partial charge in [0.15, 0.2) is 0 Å². The maximum Gasteiger partial charge on any atom is 0.217 e. The molecule has 1 atom stereocenters. The fourth-order valence-electron chi connectivity index (χ4n) is 3.92. The second-order valence-electron chi connectivity index (χ2n) is 6.92. The normalized spacial score (nSPS) is 27.3. The summed E-state index contributed by atoms with van der Waals surface area (Å²) in [5, 5.41) is 6.61. The van der Waals surface area contributed by atoms with Crippen LogP contribution in [0.15, 0.2) is 18.2 Å². The molecule has 4 nitrogen and oxygen atoms in total. The topological polar surface area (TPSA) is 44.4 Å². The Balaban J connectivity index is 1.50. The highest BCUT2D eigenvalue weighted by molar-refractivity contribution is 5.73. The quantitative estimate of drug-likeness (QED) is 0.888. The predicted octanol–water partition coefficient (Wildman–Crippen LogP) is 2.58. The molecule has 132 valence electrons. The van der Waals surface area contributed by atoms with Gasteiger partial charge in [0.2, 0.25) is 5.91 Å². The molecule has 1 aromatic carbocycles. The number of nitrogens with one attached hydrogen (secondary N) is 2. The molecule has 0 radical (unpaired) electrons. The second-order valence-corrected chi connectivity index (χ2v) is 6.92. The van der Waals surface area contributed by atoms with E-state index in [1.807, 2.05) is 0 Å². The highest BCUT2D eigenvalue weighted by Gasteiger charge is 2.29. The number of halogens is 2. The standard InChI is InChI=1S/C18H25F2N3O/c1-12(24)21-13-5-7-14(8-6-13)22-15-9-10-23(11-15)18-16(19)3-2-4-17(18)20/h2-4,13-15,22H,5-11H2,1H3,(H,21,24)/t13?,14?,15-/m1/s1. The van der Waals surface area contributed by atoms with E-state index in [9.17, 15) is 13.6 Å². The molecule has 1 aliphatic heterocycles. The van der Waals surface area contributed by atoms with Crippen LogP contribution >= 0.6 is 0 Å². The minimum atomic E-state index is -0.494. The van der Waals surface area contributed by atoms with Crippen LogP contribution in [-0.4, -0.2) is 37.1 Å². The fraction of sp³-hybridized carbons (Fsp3) is 0.611. The number of hydrogen-bond acceptors (Lipinski definition) is 3. The largest absolute Gasteiger partial charge is 0.365 e. The SMILES string of the molecule is CC(=O)NC1CCC(N[C@@H]2CCN(c3c(F)cccc3F)C2)CC1. The first-order chi connectivity index (χ1) is 11.5. The van der Waals surface area contributed by atoms with Crippen LogP contribution in [0.25, 0.3) is 0 Å². The van der Waals surface area contributed by atoms with Crippen LogP contribution in [-0.2, 0) is 4.79 Å². The van der Waals surface area contributed by atoms with Crippen LogP contribution in [0.3, 0.4) is 0 Å². The first kappa shape index (κ1) is 17.1. The first-order valence-electron chi connectivity index (χ1n) is 8.75. The van der Waals surface area contributed by atoms with E-state index in [1.165, 1.54) is 18.2 Å². The summed E-state index contributed by atoms with van der Waals surface area (Å²) in [6.45, 7) is 2.85. The lowest BCUT2D eigenvalue weighted by Gasteiger charge is -2.31. The lowest BCUT2D eigenvalue weighted by Crippen LogP contribution is -2.45. The van der Waals surface area contributed by atoms with Crippen molar-refractivity contribution in [2.75, 3.05) is 18.0 Å². The molecule has 0 bridgehead atoms. The van der Waals surface area contributed by atoms with E-state index in [1.54, 1.807) is 11.8 Å². The van der Waals surface area contributed by atoms with Crippen LogP contribution < -0.4 is 15.5 Å². The second kappa shape index (κ2) is 7.47. The molecule has 6 heteroatoms. The molecule has 0 unspecified atom stereocenters. The van der Waals surface area contributed by atoms with Crippen LogP contribution in [0.1, 0.15) is 39.0 Å². The van der Waals surface area contributed by atoms with Crippen LogP contribution in [0.2, 0.25) is 0 Å². The Morgan fingerprint density at radius 2 is 1.67 bits per heavy atom. The van der Waals surface area contributed by atoms with E-state index in [0.29, 0.717) is 19.1 Å². The number of benzene rings is 1. The Morgan fingerprint density at radius 3 is 2.29 bits per heavy atom. The number of anilines is 1. The molecule has 1 heterocycles. The first-order valence-corrected chi connectivity index (χ1v) is 8.75. The smallest absolute Gasteiger partial charge is 0.217 e. The monoisotopic (exact) mass is 337 g/mol. The highest BCUT2D eigenvalue weighted by atomic mass is 19.1. The average Bonchev–Trinajstić information content (AvgIpc) is 2.97. The number of carbonyl (C=O) groups is 1. The van der Waals surface area contributed by atoms with Crippen molar-refractivity contribution in [1.82, 2.24) is 10.6 Å².